The van der Waals surface area contributed by atoms with Crippen LogP contribution in [0.4, 0.5) is 5.69 Å². The number of rotatable bonds is 1. The van der Waals surface area contributed by atoms with E-state index in [1.54, 1.807) is 19.1 Å². The number of aromatic nitrogens is 2. The van der Waals surface area contributed by atoms with Gasteiger partial charge in [0.25, 0.3) is 0 Å². The van der Waals surface area contributed by atoms with Crippen LogP contribution in [0, 0.1) is 13.8 Å². The third kappa shape index (κ3) is 1.80. The zero-order valence-corrected chi connectivity index (χ0v) is 9.17. The lowest BCUT2D eigenvalue weighted by atomic mass is 10.1. The van der Waals surface area contributed by atoms with Crippen LogP contribution in [0.5, 0.6) is 0 Å². The molecule has 78 valence electrons. The number of halogens is 1. The molecule has 0 spiro atoms. The Hall–Kier alpha value is -1.55. The highest BCUT2D eigenvalue weighted by Gasteiger charge is 2.12. The number of nitrogens with two attached hydrogens (primary N) is 1. The van der Waals surface area contributed by atoms with Gasteiger partial charge >= 0.3 is 0 Å². The SMILES string of the molecule is Cc1nnc(-c2cc(Cl)cc(C)c2N)o1. The molecule has 0 unspecified atom stereocenters. The van der Waals surface area contributed by atoms with Crippen molar-refractivity contribution in [1.29, 1.82) is 0 Å². The van der Waals surface area contributed by atoms with E-state index in [1.165, 1.54) is 0 Å². The van der Waals surface area contributed by atoms with Crippen molar-refractivity contribution in [2.75, 3.05) is 5.73 Å². The summed E-state index contributed by atoms with van der Waals surface area (Å²) < 4.78 is 5.30. The van der Waals surface area contributed by atoms with Crippen LogP contribution in [0.15, 0.2) is 16.5 Å². The molecule has 0 saturated heterocycles. The average molecular weight is 224 g/mol. The molecule has 0 aliphatic heterocycles. The normalized spacial score (nSPS) is 10.6. The third-order valence-electron chi connectivity index (χ3n) is 2.11. The molecular weight excluding hydrogens is 214 g/mol. The topological polar surface area (TPSA) is 64.9 Å². The molecule has 4 nitrogen and oxygen atoms in total. The van der Waals surface area contributed by atoms with Gasteiger partial charge in [0, 0.05) is 17.6 Å². The monoisotopic (exact) mass is 223 g/mol. The number of aryl methyl sites for hydroxylation is 2. The Bertz CT molecular complexity index is 507. The Morgan fingerprint density at radius 2 is 2.00 bits per heavy atom. The highest BCUT2D eigenvalue weighted by Crippen LogP contribution is 2.30. The van der Waals surface area contributed by atoms with Gasteiger partial charge in [0.05, 0.1) is 5.56 Å². The fourth-order valence-electron chi connectivity index (χ4n) is 1.34. The second-order valence-corrected chi connectivity index (χ2v) is 3.75. The molecule has 1 aromatic carbocycles. The van der Waals surface area contributed by atoms with E-state index in [1.807, 2.05) is 6.92 Å². The second kappa shape index (κ2) is 3.55. The molecule has 0 saturated carbocycles. The third-order valence-corrected chi connectivity index (χ3v) is 2.33. The molecule has 0 atom stereocenters. The minimum atomic E-state index is 0.399. The van der Waals surface area contributed by atoms with Gasteiger partial charge in [0.1, 0.15) is 0 Å². The quantitative estimate of drug-likeness (QED) is 0.755. The second-order valence-electron chi connectivity index (χ2n) is 3.31. The zero-order valence-electron chi connectivity index (χ0n) is 8.41. The fraction of sp³-hybridized carbons (Fsp3) is 0.200. The van der Waals surface area contributed by atoms with Crippen molar-refractivity contribution in [2.24, 2.45) is 0 Å². The molecule has 0 fully saturated rings. The average Bonchev–Trinajstić information content (AvgIpc) is 2.58. The van der Waals surface area contributed by atoms with Crippen LogP contribution in [0.1, 0.15) is 11.5 Å². The van der Waals surface area contributed by atoms with Gasteiger partial charge in [-0.3, -0.25) is 0 Å². The molecule has 2 aromatic rings. The maximum absolute atomic E-state index is 5.93. The lowest BCUT2D eigenvalue weighted by Gasteiger charge is -2.05. The summed E-state index contributed by atoms with van der Waals surface area (Å²) >= 11 is 5.93. The summed E-state index contributed by atoms with van der Waals surface area (Å²) in [6.45, 7) is 3.61. The minimum Gasteiger partial charge on any atom is -0.421 e. The summed E-state index contributed by atoms with van der Waals surface area (Å²) in [6.07, 6.45) is 0. The van der Waals surface area contributed by atoms with Gasteiger partial charge < -0.3 is 10.2 Å². The van der Waals surface area contributed by atoms with Gasteiger partial charge in [0.2, 0.25) is 11.8 Å². The van der Waals surface area contributed by atoms with Crippen LogP contribution < -0.4 is 5.73 Å². The number of nitrogens with zero attached hydrogens (tertiary/aromatic N) is 2. The summed E-state index contributed by atoms with van der Waals surface area (Å²) in [7, 11) is 0. The molecule has 15 heavy (non-hydrogen) atoms. The van der Waals surface area contributed by atoms with E-state index in [4.69, 9.17) is 21.8 Å². The summed E-state index contributed by atoms with van der Waals surface area (Å²) in [5, 5.41) is 8.26. The zero-order chi connectivity index (χ0) is 11.0. The number of benzene rings is 1. The predicted molar refractivity (Wildman–Crippen MR) is 58.6 cm³/mol. The first kappa shape index (κ1) is 9.98. The summed E-state index contributed by atoms with van der Waals surface area (Å²) in [5.41, 5.74) is 8.10. The van der Waals surface area contributed by atoms with Crippen LogP contribution in [0.2, 0.25) is 5.02 Å². The Labute approximate surface area is 92.1 Å². The molecule has 1 aromatic heterocycles. The maximum atomic E-state index is 5.93. The van der Waals surface area contributed by atoms with Crippen molar-refractivity contribution in [2.45, 2.75) is 13.8 Å². The Morgan fingerprint density at radius 3 is 2.60 bits per heavy atom. The maximum Gasteiger partial charge on any atom is 0.249 e. The van der Waals surface area contributed by atoms with E-state index in [-0.39, 0.29) is 0 Å². The first-order chi connectivity index (χ1) is 7.08. The highest BCUT2D eigenvalue weighted by molar-refractivity contribution is 6.31. The molecule has 0 bridgehead atoms. The van der Waals surface area contributed by atoms with Crippen molar-refractivity contribution in [1.82, 2.24) is 10.2 Å². The number of nitrogen functional groups attached to an aromatic ring is 1. The van der Waals surface area contributed by atoms with E-state index >= 15 is 0 Å². The first-order valence-corrected chi connectivity index (χ1v) is 4.82. The lowest BCUT2D eigenvalue weighted by Crippen LogP contribution is -1.94. The smallest absolute Gasteiger partial charge is 0.249 e. The molecule has 1 heterocycles. The standard InChI is InChI=1S/C10H10ClN3O/c1-5-3-7(11)4-8(9(5)12)10-14-13-6(2)15-10/h3-4H,12H2,1-2H3. The molecule has 2 N–H and O–H groups in total. The van der Waals surface area contributed by atoms with Gasteiger partial charge in [-0.2, -0.15) is 0 Å². The fourth-order valence-corrected chi connectivity index (χ4v) is 1.61. The lowest BCUT2D eigenvalue weighted by molar-refractivity contribution is 0.533. The molecular formula is C10H10ClN3O. The molecule has 5 heteroatoms. The van der Waals surface area contributed by atoms with Crippen molar-refractivity contribution < 1.29 is 4.42 Å². The van der Waals surface area contributed by atoms with Crippen LogP contribution in [-0.4, -0.2) is 10.2 Å². The minimum absolute atomic E-state index is 0.399. The van der Waals surface area contributed by atoms with E-state index in [2.05, 4.69) is 10.2 Å². The van der Waals surface area contributed by atoms with E-state index in [0.29, 0.717) is 28.1 Å². The molecule has 2 rings (SSSR count). The van der Waals surface area contributed by atoms with E-state index < -0.39 is 0 Å². The summed E-state index contributed by atoms with van der Waals surface area (Å²) in [4.78, 5) is 0. The van der Waals surface area contributed by atoms with Crippen molar-refractivity contribution in [3.05, 3.63) is 28.6 Å². The predicted octanol–water partition coefficient (Wildman–Crippen LogP) is 2.59. The van der Waals surface area contributed by atoms with Gasteiger partial charge in [0.15, 0.2) is 0 Å². The largest absolute Gasteiger partial charge is 0.421 e. The highest BCUT2D eigenvalue weighted by atomic mass is 35.5. The van der Waals surface area contributed by atoms with Gasteiger partial charge in [-0.05, 0) is 24.6 Å². The number of hydrogen-bond donors (Lipinski definition) is 1. The van der Waals surface area contributed by atoms with E-state index in [9.17, 15) is 0 Å². The van der Waals surface area contributed by atoms with Crippen LogP contribution >= 0.6 is 11.6 Å². The number of anilines is 1. The van der Waals surface area contributed by atoms with Crippen molar-refractivity contribution in [3.8, 4) is 11.5 Å². The first-order valence-electron chi connectivity index (χ1n) is 4.44. The number of hydrogen-bond acceptors (Lipinski definition) is 4. The summed E-state index contributed by atoms with van der Waals surface area (Å²) in [5.74, 6) is 0.901. The van der Waals surface area contributed by atoms with Crippen LogP contribution in [-0.2, 0) is 0 Å². The van der Waals surface area contributed by atoms with Gasteiger partial charge in [-0.25, -0.2) is 0 Å². The molecule has 0 amide bonds. The van der Waals surface area contributed by atoms with Crippen LogP contribution in [0.3, 0.4) is 0 Å². The van der Waals surface area contributed by atoms with Crippen LogP contribution in [0.25, 0.3) is 11.5 Å². The Morgan fingerprint density at radius 1 is 1.27 bits per heavy atom. The molecule has 0 radical (unpaired) electrons. The van der Waals surface area contributed by atoms with Gasteiger partial charge in [-0.1, -0.05) is 11.6 Å². The Kier molecular flexibility index (Phi) is 2.36. The van der Waals surface area contributed by atoms with Crippen molar-refractivity contribution in [3.63, 3.8) is 0 Å². The van der Waals surface area contributed by atoms with E-state index in [0.717, 1.165) is 5.56 Å². The molecule has 0 aliphatic rings. The summed E-state index contributed by atoms with van der Waals surface area (Å²) in [6, 6.07) is 3.51. The van der Waals surface area contributed by atoms with Crippen molar-refractivity contribution >= 4 is 17.3 Å². The Balaban J connectivity index is 2.62. The van der Waals surface area contributed by atoms with Gasteiger partial charge in [-0.15, -0.1) is 10.2 Å². The molecule has 0 aliphatic carbocycles.